The van der Waals surface area contributed by atoms with E-state index in [9.17, 15) is 5.11 Å². The number of anilines is 1. The average molecular weight is 219 g/mol. The minimum atomic E-state index is -0.234. The summed E-state index contributed by atoms with van der Waals surface area (Å²) in [7, 11) is 0. The Bertz CT molecular complexity index is 373. The fourth-order valence-electron chi connectivity index (χ4n) is 2.52. The van der Waals surface area contributed by atoms with Crippen LogP contribution in [-0.2, 0) is 0 Å². The summed E-state index contributed by atoms with van der Waals surface area (Å²) in [5.74, 6) is 0. The summed E-state index contributed by atoms with van der Waals surface area (Å²) in [6.45, 7) is 7.39. The normalized spacial score (nSPS) is 24.5. The first kappa shape index (κ1) is 11.5. The zero-order valence-corrected chi connectivity index (χ0v) is 10.4. The van der Waals surface area contributed by atoms with Gasteiger partial charge in [0.05, 0.1) is 11.6 Å². The Labute approximate surface area is 97.9 Å². The van der Waals surface area contributed by atoms with Crippen molar-refractivity contribution in [3.05, 3.63) is 29.8 Å². The van der Waals surface area contributed by atoms with Gasteiger partial charge in [0.1, 0.15) is 0 Å². The van der Waals surface area contributed by atoms with E-state index >= 15 is 0 Å². The largest absolute Gasteiger partial charge is 0.391 e. The zero-order chi connectivity index (χ0) is 11.8. The van der Waals surface area contributed by atoms with E-state index in [1.807, 2.05) is 0 Å². The second-order valence-corrected chi connectivity index (χ2v) is 5.30. The Morgan fingerprint density at radius 2 is 2.12 bits per heavy atom. The molecular weight excluding hydrogens is 198 g/mol. The zero-order valence-electron chi connectivity index (χ0n) is 10.4. The van der Waals surface area contributed by atoms with Crippen LogP contribution in [0.1, 0.15) is 32.3 Å². The quantitative estimate of drug-likeness (QED) is 0.785. The minimum absolute atomic E-state index is 0.161. The van der Waals surface area contributed by atoms with Crippen LogP contribution >= 0.6 is 0 Å². The smallest absolute Gasteiger partial charge is 0.0767 e. The van der Waals surface area contributed by atoms with Gasteiger partial charge in [0.2, 0.25) is 0 Å². The van der Waals surface area contributed by atoms with Gasteiger partial charge in [-0.2, -0.15) is 0 Å². The van der Waals surface area contributed by atoms with Crippen LogP contribution < -0.4 is 4.90 Å². The van der Waals surface area contributed by atoms with Crippen LogP contribution in [0.3, 0.4) is 0 Å². The SMILES string of the molecule is Cc1cccc(N2CCCC(O)C2(C)C)c1. The molecule has 1 heterocycles. The number of aliphatic hydroxyl groups excluding tert-OH is 1. The van der Waals surface area contributed by atoms with Gasteiger partial charge in [-0.25, -0.2) is 0 Å². The highest BCUT2D eigenvalue weighted by Crippen LogP contribution is 2.32. The number of piperidine rings is 1. The molecule has 0 aromatic heterocycles. The summed E-state index contributed by atoms with van der Waals surface area (Å²) < 4.78 is 0. The van der Waals surface area contributed by atoms with Crippen molar-refractivity contribution < 1.29 is 5.11 Å². The molecule has 1 aromatic rings. The van der Waals surface area contributed by atoms with Gasteiger partial charge in [-0.15, -0.1) is 0 Å². The van der Waals surface area contributed by atoms with Crippen LogP contribution in [-0.4, -0.2) is 23.3 Å². The lowest BCUT2D eigenvalue weighted by Crippen LogP contribution is -2.56. The molecule has 1 aliphatic rings. The van der Waals surface area contributed by atoms with Gasteiger partial charge < -0.3 is 10.0 Å². The predicted octanol–water partition coefficient (Wildman–Crippen LogP) is 2.73. The third-order valence-electron chi connectivity index (χ3n) is 3.68. The molecule has 0 aliphatic carbocycles. The fourth-order valence-corrected chi connectivity index (χ4v) is 2.52. The van der Waals surface area contributed by atoms with E-state index < -0.39 is 0 Å². The Kier molecular flexibility index (Phi) is 2.94. The van der Waals surface area contributed by atoms with Crippen LogP contribution in [0.25, 0.3) is 0 Å². The minimum Gasteiger partial charge on any atom is -0.391 e. The lowest BCUT2D eigenvalue weighted by Gasteiger charge is -2.47. The third kappa shape index (κ3) is 1.94. The molecule has 0 bridgehead atoms. The van der Waals surface area contributed by atoms with E-state index in [-0.39, 0.29) is 11.6 Å². The Hall–Kier alpha value is -1.02. The summed E-state index contributed by atoms with van der Waals surface area (Å²) in [5, 5.41) is 10.1. The van der Waals surface area contributed by atoms with Crippen molar-refractivity contribution in [3.63, 3.8) is 0 Å². The summed E-state index contributed by atoms with van der Waals surface area (Å²) in [6.07, 6.45) is 1.75. The molecule has 16 heavy (non-hydrogen) atoms. The summed E-state index contributed by atoms with van der Waals surface area (Å²) >= 11 is 0. The molecule has 1 unspecified atom stereocenters. The first-order chi connectivity index (χ1) is 7.51. The molecule has 88 valence electrons. The molecular formula is C14H21NO. The van der Waals surface area contributed by atoms with E-state index in [0.29, 0.717) is 0 Å². The lowest BCUT2D eigenvalue weighted by molar-refractivity contribution is 0.0711. The summed E-state index contributed by atoms with van der Waals surface area (Å²) in [6, 6.07) is 8.52. The van der Waals surface area contributed by atoms with E-state index in [1.54, 1.807) is 0 Å². The van der Waals surface area contributed by atoms with Gasteiger partial charge in [0, 0.05) is 12.2 Å². The van der Waals surface area contributed by atoms with Crippen molar-refractivity contribution >= 4 is 5.69 Å². The number of hydrogen-bond donors (Lipinski definition) is 1. The van der Waals surface area contributed by atoms with Gasteiger partial charge in [0.15, 0.2) is 0 Å². The molecule has 1 N–H and O–H groups in total. The molecule has 2 rings (SSSR count). The summed E-state index contributed by atoms with van der Waals surface area (Å²) in [5.41, 5.74) is 2.34. The van der Waals surface area contributed by atoms with Crippen molar-refractivity contribution in [3.8, 4) is 0 Å². The number of aliphatic hydroxyl groups is 1. The second kappa shape index (κ2) is 4.10. The van der Waals surface area contributed by atoms with E-state index in [1.165, 1.54) is 11.3 Å². The molecule has 1 saturated heterocycles. The van der Waals surface area contributed by atoms with Crippen molar-refractivity contribution in [2.75, 3.05) is 11.4 Å². The topological polar surface area (TPSA) is 23.5 Å². The number of nitrogens with zero attached hydrogens (tertiary/aromatic N) is 1. The van der Waals surface area contributed by atoms with Crippen molar-refractivity contribution in [2.24, 2.45) is 0 Å². The van der Waals surface area contributed by atoms with Crippen molar-refractivity contribution in [1.82, 2.24) is 0 Å². The van der Waals surface area contributed by atoms with Crippen LogP contribution in [0.4, 0.5) is 5.69 Å². The van der Waals surface area contributed by atoms with Crippen LogP contribution in [0.15, 0.2) is 24.3 Å². The molecule has 1 atom stereocenters. The maximum atomic E-state index is 10.1. The first-order valence-corrected chi connectivity index (χ1v) is 6.04. The van der Waals surface area contributed by atoms with E-state index in [2.05, 4.69) is 49.9 Å². The van der Waals surface area contributed by atoms with Gasteiger partial charge in [0.25, 0.3) is 0 Å². The number of benzene rings is 1. The molecule has 2 nitrogen and oxygen atoms in total. The monoisotopic (exact) mass is 219 g/mol. The maximum absolute atomic E-state index is 10.1. The standard InChI is InChI=1S/C14H21NO/c1-11-6-4-7-12(10-11)15-9-5-8-13(16)14(15,2)3/h4,6-7,10,13,16H,5,8-9H2,1-3H3. The van der Waals surface area contributed by atoms with Gasteiger partial charge in [-0.05, 0) is 51.3 Å². The van der Waals surface area contributed by atoms with Gasteiger partial charge in [-0.3, -0.25) is 0 Å². The average Bonchev–Trinajstić information content (AvgIpc) is 2.22. The Balaban J connectivity index is 2.32. The van der Waals surface area contributed by atoms with E-state index in [0.717, 1.165) is 19.4 Å². The molecule has 0 radical (unpaired) electrons. The molecule has 1 aromatic carbocycles. The molecule has 2 heteroatoms. The fraction of sp³-hybridized carbons (Fsp3) is 0.571. The molecule has 1 fully saturated rings. The molecule has 0 saturated carbocycles. The first-order valence-electron chi connectivity index (χ1n) is 6.04. The molecule has 0 amide bonds. The number of hydrogen-bond acceptors (Lipinski definition) is 2. The Morgan fingerprint density at radius 3 is 2.81 bits per heavy atom. The highest BCUT2D eigenvalue weighted by Gasteiger charge is 2.37. The highest BCUT2D eigenvalue weighted by atomic mass is 16.3. The lowest BCUT2D eigenvalue weighted by atomic mass is 9.86. The molecule has 1 aliphatic heterocycles. The molecule has 0 spiro atoms. The van der Waals surface area contributed by atoms with Crippen LogP contribution in [0.5, 0.6) is 0 Å². The summed E-state index contributed by atoms with van der Waals surface area (Å²) in [4.78, 5) is 2.33. The second-order valence-electron chi connectivity index (χ2n) is 5.30. The van der Waals surface area contributed by atoms with E-state index in [4.69, 9.17) is 0 Å². The predicted molar refractivity (Wildman–Crippen MR) is 67.8 cm³/mol. The number of rotatable bonds is 1. The van der Waals surface area contributed by atoms with Gasteiger partial charge in [-0.1, -0.05) is 12.1 Å². The van der Waals surface area contributed by atoms with Crippen molar-refractivity contribution in [2.45, 2.75) is 45.3 Å². The van der Waals surface area contributed by atoms with Gasteiger partial charge >= 0.3 is 0 Å². The van der Waals surface area contributed by atoms with Crippen LogP contribution in [0, 0.1) is 6.92 Å². The number of aryl methyl sites for hydroxylation is 1. The van der Waals surface area contributed by atoms with Crippen molar-refractivity contribution in [1.29, 1.82) is 0 Å². The highest BCUT2D eigenvalue weighted by molar-refractivity contribution is 5.51. The van der Waals surface area contributed by atoms with Crippen LogP contribution in [0.2, 0.25) is 0 Å². The third-order valence-corrected chi connectivity index (χ3v) is 3.68. The Morgan fingerprint density at radius 1 is 1.38 bits per heavy atom. The maximum Gasteiger partial charge on any atom is 0.0767 e.